The molecule has 0 saturated heterocycles. The van der Waals surface area contributed by atoms with Crippen LogP contribution in [0, 0.1) is 16.0 Å². The van der Waals surface area contributed by atoms with Crippen molar-refractivity contribution >= 4 is 23.0 Å². The molecule has 0 aliphatic heterocycles. The molecule has 0 radical (unpaired) electrons. The lowest BCUT2D eigenvalue weighted by Crippen LogP contribution is -2.15. The fourth-order valence-electron chi connectivity index (χ4n) is 1.16. The largest absolute Gasteiger partial charge is 0.396 e. The summed E-state index contributed by atoms with van der Waals surface area (Å²) in [6.07, 6.45) is 0. The predicted octanol–water partition coefficient (Wildman–Crippen LogP) is 2.29. The third-order valence-electron chi connectivity index (χ3n) is 2.11. The topological polar surface area (TPSA) is 75.4 Å². The Morgan fingerprint density at radius 1 is 1.62 bits per heavy atom. The summed E-state index contributed by atoms with van der Waals surface area (Å²) in [5.41, 5.74) is 0.354. The van der Waals surface area contributed by atoms with Gasteiger partial charge in [-0.2, -0.15) is 0 Å². The summed E-state index contributed by atoms with van der Waals surface area (Å²) in [6.45, 7) is 2.32. The van der Waals surface area contributed by atoms with E-state index in [4.69, 9.17) is 16.7 Å². The SMILES string of the molecule is CC(CO)CNc1cc(Cl)ccc1[N+](=O)[O-]. The minimum Gasteiger partial charge on any atom is -0.396 e. The summed E-state index contributed by atoms with van der Waals surface area (Å²) >= 11 is 5.76. The van der Waals surface area contributed by atoms with E-state index >= 15 is 0 Å². The molecular weight excluding hydrogens is 232 g/mol. The fraction of sp³-hybridized carbons (Fsp3) is 0.400. The monoisotopic (exact) mass is 244 g/mol. The van der Waals surface area contributed by atoms with Crippen LogP contribution in [0.2, 0.25) is 5.02 Å². The van der Waals surface area contributed by atoms with Crippen molar-refractivity contribution in [2.45, 2.75) is 6.92 Å². The number of nitro benzene ring substituents is 1. The molecule has 0 heterocycles. The van der Waals surface area contributed by atoms with Gasteiger partial charge < -0.3 is 10.4 Å². The molecule has 1 atom stereocenters. The van der Waals surface area contributed by atoms with Crippen LogP contribution in [0.5, 0.6) is 0 Å². The van der Waals surface area contributed by atoms with Crippen LogP contribution in [0.1, 0.15) is 6.92 Å². The third-order valence-corrected chi connectivity index (χ3v) is 2.34. The lowest BCUT2D eigenvalue weighted by molar-refractivity contribution is -0.384. The van der Waals surface area contributed by atoms with Crippen molar-refractivity contribution in [1.82, 2.24) is 0 Å². The van der Waals surface area contributed by atoms with E-state index in [1.807, 2.05) is 6.92 Å². The number of nitro groups is 1. The van der Waals surface area contributed by atoms with Gasteiger partial charge in [0.25, 0.3) is 5.69 Å². The van der Waals surface area contributed by atoms with Gasteiger partial charge in [0.05, 0.1) is 4.92 Å². The maximum atomic E-state index is 10.7. The highest BCUT2D eigenvalue weighted by atomic mass is 35.5. The Labute approximate surface area is 98.2 Å². The Hall–Kier alpha value is -1.33. The van der Waals surface area contributed by atoms with E-state index in [0.29, 0.717) is 17.3 Å². The van der Waals surface area contributed by atoms with Gasteiger partial charge in [0.1, 0.15) is 5.69 Å². The molecule has 88 valence electrons. The first-order valence-electron chi connectivity index (χ1n) is 4.83. The van der Waals surface area contributed by atoms with Crippen LogP contribution in [0.25, 0.3) is 0 Å². The Morgan fingerprint density at radius 2 is 2.31 bits per heavy atom. The molecule has 2 N–H and O–H groups in total. The van der Waals surface area contributed by atoms with Crippen molar-refractivity contribution in [3.8, 4) is 0 Å². The summed E-state index contributed by atoms with van der Waals surface area (Å²) in [5, 5.41) is 22.9. The molecule has 5 nitrogen and oxygen atoms in total. The van der Waals surface area contributed by atoms with Crippen LogP contribution in [-0.4, -0.2) is 23.2 Å². The number of benzene rings is 1. The quantitative estimate of drug-likeness (QED) is 0.616. The number of nitrogens with one attached hydrogen (secondary N) is 1. The smallest absolute Gasteiger partial charge is 0.292 e. The van der Waals surface area contributed by atoms with E-state index in [0.717, 1.165) is 0 Å². The number of hydrogen-bond donors (Lipinski definition) is 2. The molecular formula is C10H13ClN2O3. The molecule has 0 aromatic heterocycles. The van der Waals surface area contributed by atoms with Crippen LogP contribution in [0.15, 0.2) is 18.2 Å². The Balaban J connectivity index is 2.84. The predicted molar refractivity (Wildman–Crippen MR) is 62.8 cm³/mol. The molecule has 0 fully saturated rings. The number of aliphatic hydroxyl groups is 1. The molecule has 1 aromatic carbocycles. The van der Waals surface area contributed by atoms with E-state index in [1.165, 1.54) is 18.2 Å². The number of anilines is 1. The zero-order valence-corrected chi connectivity index (χ0v) is 9.57. The molecule has 1 unspecified atom stereocenters. The number of nitrogens with zero attached hydrogens (tertiary/aromatic N) is 1. The highest BCUT2D eigenvalue weighted by molar-refractivity contribution is 6.31. The van der Waals surface area contributed by atoms with Crippen LogP contribution >= 0.6 is 11.6 Å². The van der Waals surface area contributed by atoms with Crippen molar-refractivity contribution in [3.63, 3.8) is 0 Å². The maximum Gasteiger partial charge on any atom is 0.292 e. The van der Waals surface area contributed by atoms with Crippen molar-refractivity contribution in [1.29, 1.82) is 0 Å². The Bertz CT molecular complexity index is 384. The summed E-state index contributed by atoms with van der Waals surface area (Å²) < 4.78 is 0. The fourth-order valence-corrected chi connectivity index (χ4v) is 1.33. The van der Waals surface area contributed by atoms with Crippen LogP contribution < -0.4 is 5.32 Å². The molecule has 0 aliphatic carbocycles. The van der Waals surface area contributed by atoms with Crippen molar-refractivity contribution in [3.05, 3.63) is 33.3 Å². The van der Waals surface area contributed by atoms with E-state index in [-0.39, 0.29) is 18.2 Å². The minimum atomic E-state index is -0.470. The lowest BCUT2D eigenvalue weighted by Gasteiger charge is -2.11. The van der Waals surface area contributed by atoms with E-state index in [1.54, 1.807) is 0 Å². The lowest BCUT2D eigenvalue weighted by atomic mass is 10.2. The van der Waals surface area contributed by atoms with Gasteiger partial charge in [-0.3, -0.25) is 10.1 Å². The number of aliphatic hydroxyl groups excluding tert-OH is 1. The van der Waals surface area contributed by atoms with Gasteiger partial charge in [-0.05, 0) is 18.1 Å². The van der Waals surface area contributed by atoms with Gasteiger partial charge in [0, 0.05) is 24.2 Å². The maximum absolute atomic E-state index is 10.7. The molecule has 0 amide bonds. The average Bonchev–Trinajstić information content (AvgIpc) is 2.25. The second-order valence-corrected chi connectivity index (χ2v) is 4.02. The normalized spacial score (nSPS) is 12.2. The second-order valence-electron chi connectivity index (χ2n) is 3.59. The molecule has 1 rings (SSSR count). The zero-order chi connectivity index (χ0) is 12.1. The minimum absolute atomic E-state index is 0.0189. The highest BCUT2D eigenvalue weighted by Gasteiger charge is 2.14. The van der Waals surface area contributed by atoms with Gasteiger partial charge in [-0.1, -0.05) is 18.5 Å². The summed E-state index contributed by atoms with van der Waals surface area (Å²) in [5.74, 6) is 0.0265. The first kappa shape index (κ1) is 12.7. The molecule has 16 heavy (non-hydrogen) atoms. The molecule has 0 spiro atoms. The highest BCUT2D eigenvalue weighted by Crippen LogP contribution is 2.27. The van der Waals surface area contributed by atoms with Crippen molar-refractivity contribution < 1.29 is 10.0 Å². The first-order chi connectivity index (χ1) is 7.54. The summed E-state index contributed by atoms with van der Waals surface area (Å²) in [4.78, 5) is 10.3. The van der Waals surface area contributed by atoms with Crippen molar-refractivity contribution in [2.24, 2.45) is 5.92 Å². The zero-order valence-electron chi connectivity index (χ0n) is 8.81. The van der Waals surface area contributed by atoms with Gasteiger partial charge in [0.15, 0.2) is 0 Å². The van der Waals surface area contributed by atoms with E-state index in [9.17, 15) is 10.1 Å². The molecule has 0 saturated carbocycles. The first-order valence-corrected chi connectivity index (χ1v) is 5.21. The molecule has 6 heteroatoms. The van der Waals surface area contributed by atoms with E-state index in [2.05, 4.69) is 5.32 Å². The molecule has 1 aromatic rings. The molecule has 0 aliphatic rings. The Morgan fingerprint density at radius 3 is 2.88 bits per heavy atom. The van der Waals surface area contributed by atoms with E-state index < -0.39 is 4.92 Å². The standard InChI is InChI=1S/C10H13ClN2O3/c1-7(6-14)5-12-9-4-8(11)2-3-10(9)13(15)16/h2-4,7,12,14H,5-6H2,1H3. The van der Waals surface area contributed by atoms with Crippen molar-refractivity contribution in [2.75, 3.05) is 18.5 Å². The number of rotatable bonds is 5. The third kappa shape index (κ3) is 3.36. The number of halogens is 1. The van der Waals surface area contributed by atoms with Gasteiger partial charge >= 0.3 is 0 Å². The summed E-state index contributed by atoms with van der Waals surface area (Å²) in [6, 6.07) is 4.33. The molecule has 0 bridgehead atoms. The number of hydrogen-bond acceptors (Lipinski definition) is 4. The van der Waals surface area contributed by atoms with Crippen LogP contribution in [-0.2, 0) is 0 Å². The van der Waals surface area contributed by atoms with Gasteiger partial charge in [-0.25, -0.2) is 0 Å². The summed E-state index contributed by atoms with van der Waals surface area (Å²) in [7, 11) is 0. The average molecular weight is 245 g/mol. The van der Waals surface area contributed by atoms with Crippen LogP contribution in [0.4, 0.5) is 11.4 Å². The van der Waals surface area contributed by atoms with Gasteiger partial charge in [-0.15, -0.1) is 0 Å². The Kier molecular flexibility index (Phi) is 4.52. The second kappa shape index (κ2) is 5.67. The van der Waals surface area contributed by atoms with Crippen LogP contribution in [0.3, 0.4) is 0 Å². The van der Waals surface area contributed by atoms with Gasteiger partial charge in [0.2, 0.25) is 0 Å².